The highest BCUT2D eigenvalue weighted by molar-refractivity contribution is 6.41. The predicted molar refractivity (Wildman–Crippen MR) is 169 cm³/mol. The fourth-order valence-corrected chi connectivity index (χ4v) is 7.29. The highest BCUT2D eigenvalue weighted by Gasteiger charge is 2.38. The van der Waals surface area contributed by atoms with E-state index in [-0.39, 0.29) is 56.9 Å². The average molecular weight is 607 g/mol. The molecule has 0 aliphatic carbocycles. The molecule has 2 aliphatic heterocycles. The van der Waals surface area contributed by atoms with Crippen LogP contribution in [0.1, 0.15) is 52.6 Å². The summed E-state index contributed by atoms with van der Waals surface area (Å²) in [6.07, 6.45) is 0. The van der Waals surface area contributed by atoms with Gasteiger partial charge in [0.05, 0.1) is 24.2 Å². The second-order valence-corrected chi connectivity index (χ2v) is 11.7. The van der Waals surface area contributed by atoms with Crippen LogP contribution in [0, 0.1) is 11.6 Å². The summed E-state index contributed by atoms with van der Waals surface area (Å²) in [6.45, 7) is 0.0203. The Labute approximate surface area is 259 Å². The number of fused-ring (bicyclic) bond motifs is 2. The van der Waals surface area contributed by atoms with E-state index in [2.05, 4.69) is 0 Å². The lowest BCUT2D eigenvalue weighted by molar-refractivity contribution is 0.0583. The lowest BCUT2D eigenvalue weighted by Gasteiger charge is -2.30. The highest BCUT2D eigenvalue weighted by atomic mass is 19.1. The Morgan fingerprint density at radius 1 is 0.413 bits per heavy atom. The number of hydrogen-bond donors (Lipinski definition) is 0. The summed E-state index contributed by atoms with van der Waals surface area (Å²) in [4.78, 5) is 57.2. The largest absolute Gasteiger partial charge is 0.270 e. The van der Waals surface area contributed by atoms with Gasteiger partial charge in [-0.3, -0.25) is 29.0 Å². The van der Waals surface area contributed by atoms with Crippen LogP contribution in [0.4, 0.5) is 8.78 Å². The summed E-state index contributed by atoms with van der Waals surface area (Å²) in [5, 5.41) is 1.77. The first kappa shape index (κ1) is 26.4. The van der Waals surface area contributed by atoms with Crippen LogP contribution in [0.25, 0.3) is 43.1 Å². The molecule has 9 rings (SSSR count). The molecule has 0 saturated heterocycles. The third-order valence-corrected chi connectivity index (χ3v) is 9.28. The first-order valence-corrected chi connectivity index (χ1v) is 14.7. The Morgan fingerprint density at radius 3 is 1.24 bits per heavy atom. The molecular weight excluding hydrogens is 586 g/mol. The number of benzene rings is 7. The number of amides is 4. The minimum atomic E-state index is -0.770. The summed E-state index contributed by atoms with van der Waals surface area (Å²) >= 11 is 0. The van der Waals surface area contributed by atoms with Crippen LogP contribution < -0.4 is 0 Å². The van der Waals surface area contributed by atoms with E-state index in [1.807, 2.05) is 36.4 Å². The molecule has 220 valence electrons. The molecule has 0 saturated carbocycles. The fraction of sp³-hybridized carbons (Fsp3) is 0.0526. The molecular formula is C38H20F2N2O4. The molecule has 46 heavy (non-hydrogen) atoms. The van der Waals surface area contributed by atoms with E-state index in [1.165, 1.54) is 4.90 Å². The third kappa shape index (κ3) is 3.38. The van der Waals surface area contributed by atoms with Crippen LogP contribution >= 0.6 is 0 Å². The maximum absolute atomic E-state index is 16.3. The van der Waals surface area contributed by atoms with Crippen molar-refractivity contribution in [2.24, 2.45) is 0 Å². The summed E-state index contributed by atoms with van der Waals surface area (Å²) in [5.74, 6) is -3.89. The molecule has 2 aliphatic rings. The molecule has 0 spiro atoms. The maximum atomic E-state index is 16.3. The minimum absolute atomic E-state index is 0.0226. The zero-order valence-electron chi connectivity index (χ0n) is 23.9. The Morgan fingerprint density at radius 2 is 0.804 bits per heavy atom. The van der Waals surface area contributed by atoms with Crippen LogP contribution in [0.5, 0.6) is 0 Å². The van der Waals surface area contributed by atoms with E-state index in [0.717, 1.165) is 22.6 Å². The van der Waals surface area contributed by atoms with Gasteiger partial charge in [-0.2, -0.15) is 0 Å². The van der Waals surface area contributed by atoms with E-state index in [0.29, 0.717) is 27.1 Å². The number of rotatable bonds is 4. The lowest BCUT2D eigenvalue weighted by Crippen LogP contribution is -2.40. The number of nitrogens with zero attached hydrogens (tertiary/aromatic N) is 2. The van der Waals surface area contributed by atoms with Gasteiger partial charge in [-0.05, 0) is 51.6 Å². The molecule has 4 amide bonds. The van der Waals surface area contributed by atoms with Crippen molar-refractivity contribution in [3.05, 3.63) is 142 Å². The van der Waals surface area contributed by atoms with Crippen LogP contribution in [-0.2, 0) is 13.1 Å². The monoisotopic (exact) mass is 606 g/mol. The van der Waals surface area contributed by atoms with Crippen molar-refractivity contribution >= 4 is 66.7 Å². The summed E-state index contributed by atoms with van der Waals surface area (Å²) in [7, 11) is 0. The second kappa shape index (κ2) is 9.25. The van der Waals surface area contributed by atoms with Gasteiger partial charge in [0.1, 0.15) is 11.6 Å². The SMILES string of the molecule is O=C1c2ccc3c4c(F)cc5c6c(cc(F)c(c7ccc(c2c37)C(=O)N1Cc1ccccc1)c64)C(=O)N(Cc1ccccc1)C5=O. The maximum Gasteiger partial charge on any atom is 0.261 e. The smallest absolute Gasteiger partial charge is 0.261 e. The molecule has 0 unspecified atom stereocenters. The van der Waals surface area contributed by atoms with Crippen molar-refractivity contribution in [1.29, 1.82) is 0 Å². The van der Waals surface area contributed by atoms with Crippen molar-refractivity contribution in [3.63, 3.8) is 0 Å². The normalized spacial score (nSPS) is 14.6. The van der Waals surface area contributed by atoms with Gasteiger partial charge in [-0.15, -0.1) is 0 Å². The van der Waals surface area contributed by atoms with Gasteiger partial charge in [-0.25, -0.2) is 8.78 Å². The molecule has 7 aromatic rings. The number of imide groups is 2. The first-order chi connectivity index (χ1) is 22.3. The van der Waals surface area contributed by atoms with Gasteiger partial charge in [0, 0.05) is 38.1 Å². The van der Waals surface area contributed by atoms with Gasteiger partial charge < -0.3 is 0 Å². The molecule has 8 heteroatoms. The van der Waals surface area contributed by atoms with Gasteiger partial charge in [0.2, 0.25) is 0 Å². The number of carbonyl (C=O) groups excluding carboxylic acids is 4. The Kier molecular flexibility index (Phi) is 5.30. The van der Waals surface area contributed by atoms with Gasteiger partial charge in [-0.1, -0.05) is 72.8 Å². The summed E-state index contributed by atoms with van der Waals surface area (Å²) in [5.41, 5.74) is 1.92. The topological polar surface area (TPSA) is 74.8 Å². The molecule has 7 aromatic carbocycles. The number of halogens is 2. The zero-order chi connectivity index (χ0) is 31.4. The molecule has 2 heterocycles. The van der Waals surface area contributed by atoms with Gasteiger partial charge >= 0.3 is 0 Å². The van der Waals surface area contributed by atoms with Crippen molar-refractivity contribution in [2.45, 2.75) is 13.1 Å². The van der Waals surface area contributed by atoms with E-state index in [9.17, 15) is 19.2 Å². The van der Waals surface area contributed by atoms with Crippen molar-refractivity contribution in [2.75, 3.05) is 0 Å². The fourth-order valence-electron chi connectivity index (χ4n) is 7.29. The van der Waals surface area contributed by atoms with E-state index in [1.54, 1.807) is 48.5 Å². The average Bonchev–Trinajstić information content (AvgIpc) is 3.07. The molecule has 0 N–H and O–H groups in total. The van der Waals surface area contributed by atoms with E-state index < -0.39 is 35.3 Å². The van der Waals surface area contributed by atoms with Gasteiger partial charge in [0.25, 0.3) is 23.6 Å². The van der Waals surface area contributed by atoms with Crippen molar-refractivity contribution in [1.82, 2.24) is 9.80 Å². The Bertz CT molecular complexity index is 2400. The minimum Gasteiger partial charge on any atom is -0.270 e. The van der Waals surface area contributed by atoms with Crippen molar-refractivity contribution < 1.29 is 28.0 Å². The van der Waals surface area contributed by atoms with Crippen LogP contribution in [0.3, 0.4) is 0 Å². The second-order valence-electron chi connectivity index (χ2n) is 11.7. The van der Waals surface area contributed by atoms with E-state index in [4.69, 9.17) is 0 Å². The quantitative estimate of drug-likeness (QED) is 0.117. The number of hydrogen-bond acceptors (Lipinski definition) is 4. The summed E-state index contributed by atoms with van der Waals surface area (Å²) in [6, 6.07) is 26.6. The standard InChI is InChI=1S/C38H20F2N2O4/c39-27-15-25-31-26(38(46)42(37(25)45)18-20-9-5-2-6-10-20)16-28(40)33-22-12-14-24-30-23(13-11-21(29(22)30)32(27)34(31)33)35(43)41(36(24)44)17-19-7-3-1-4-8-19/h1-16H,17-18H2. The molecule has 0 radical (unpaired) electrons. The first-order valence-electron chi connectivity index (χ1n) is 14.7. The Hall–Kier alpha value is -6.02. The lowest BCUT2D eigenvalue weighted by atomic mass is 9.81. The van der Waals surface area contributed by atoms with Crippen LogP contribution in [-0.4, -0.2) is 33.4 Å². The van der Waals surface area contributed by atoms with Gasteiger partial charge in [0.15, 0.2) is 0 Å². The number of carbonyl (C=O) groups is 4. The molecule has 6 nitrogen and oxygen atoms in total. The summed E-state index contributed by atoms with van der Waals surface area (Å²) < 4.78 is 32.7. The predicted octanol–water partition coefficient (Wildman–Crippen LogP) is 7.61. The highest BCUT2D eigenvalue weighted by Crippen LogP contribution is 2.48. The Balaban J connectivity index is 1.31. The molecule has 0 aromatic heterocycles. The zero-order valence-corrected chi connectivity index (χ0v) is 23.9. The van der Waals surface area contributed by atoms with Crippen LogP contribution in [0.2, 0.25) is 0 Å². The third-order valence-electron chi connectivity index (χ3n) is 9.28. The molecule has 0 fully saturated rings. The molecule has 0 bridgehead atoms. The van der Waals surface area contributed by atoms with E-state index >= 15 is 8.78 Å². The van der Waals surface area contributed by atoms with Crippen molar-refractivity contribution in [3.8, 4) is 0 Å². The van der Waals surface area contributed by atoms with Crippen LogP contribution in [0.15, 0.2) is 97.1 Å². The molecule has 0 atom stereocenters.